The van der Waals surface area contributed by atoms with Crippen molar-refractivity contribution in [2.45, 2.75) is 6.42 Å². The van der Waals surface area contributed by atoms with Crippen molar-refractivity contribution in [2.75, 3.05) is 6.54 Å². The Balaban J connectivity index is 0. The molecule has 10 heavy (non-hydrogen) atoms. The molecule has 0 atom stereocenters. The first-order chi connectivity index (χ1) is 3.93. The van der Waals surface area contributed by atoms with Crippen LogP contribution in [0.5, 0.6) is 0 Å². The van der Waals surface area contributed by atoms with E-state index in [2.05, 4.69) is 39.3 Å². The van der Waals surface area contributed by atoms with Crippen LogP contribution in [0.1, 0.15) is 6.42 Å². The number of hydrogen-bond acceptors (Lipinski definition) is 1. The Bertz CT molecular complexity index is 154. The fourth-order valence-electron chi connectivity index (χ4n) is 0.700. The molecule has 1 aliphatic rings. The monoisotopic (exact) mass is 214 g/mol. The van der Waals surface area contributed by atoms with E-state index in [4.69, 9.17) is 0 Å². The van der Waals surface area contributed by atoms with Crippen molar-refractivity contribution in [2.24, 2.45) is 3.79 Å². The van der Waals surface area contributed by atoms with E-state index in [-0.39, 0.29) is 24.8 Å². The molecule has 0 heterocycles. The van der Waals surface area contributed by atoms with Crippen LogP contribution in [0.4, 0.5) is 0 Å². The topological polar surface area (TPSA) is 12.4 Å². The van der Waals surface area contributed by atoms with Crippen LogP contribution in [0.3, 0.4) is 0 Å². The molecule has 0 spiro atoms. The van der Waals surface area contributed by atoms with Crippen LogP contribution in [-0.2, 0) is 17.2 Å². The van der Waals surface area contributed by atoms with Crippen LogP contribution in [-0.4, -0.2) is 6.54 Å². The second-order valence-corrected chi connectivity index (χ2v) is 2.20. The van der Waals surface area contributed by atoms with E-state index in [1.807, 2.05) is 0 Å². The summed E-state index contributed by atoms with van der Waals surface area (Å²) < 4.78 is 3.95. The first-order valence-electron chi connectivity index (χ1n) is 2.59. The summed E-state index contributed by atoms with van der Waals surface area (Å²) in [5.74, 6) is 0. The van der Waals surface area contributed by atoms with Crippen LogP contribution in [0.25, 0.3) is 0 Å². The van der Waals surface area contributed by atoms with Gasteiger partial charge in [0.25, 0.3) is 0 Å². The zero-order valence-corrected chi connectivity index (χ0v) is 8.21. The molecule has 0 unspecified atom stereocenters. The van der Waals surface area contributed by atoms with Gasteiger partial charge in [-0.3, -0.25) is 0 Å². The normalized spacial score (nSPS) is 13.2. The van der Waals surface area contributed by atoms with E-state index in [1.54, 1.807) is 0 Å². The van der Waals surface area contributed by atoms with Crippen LogP contribution in [0, 0.1) is 0 Å². The van der Waals surface area contributed by atoms with Crippen molar-refractivity contribution in [1.29, 1.82) is 0 Å². The Kier molecular flexibility index (Phi) is 9.86. The zero-order valence-electron chi connectivity index (χ0n) is 5.30. The molecule has 0 aromatic carbocycles. The van der Waals surface area contributed by atoms with E-state index < -0.39 is 0 Å². The molecule has 0 radical (unpaired) electrons. The van der Waals surface area contributed by atoms with Gasteiger partial charge in [0.1, 0.15) is 0 Å². The molecular weight excluding hydrogens is 208 g/mol. The van der Waals surface area contributed by atoms with Gasteiger partial charge in [-0.15, -0.1) is 0 Å². The average molecular weight is 215 g/mol. The molecule has 0 N–H and O–H groups in total. The molecule has 0 amide bonds. The summed E-state index contributed by atoms with van der Waals surface area (Å²) in [6, 6.07) is 0. The van der Waals surface area contributed by atoms with Gasteiger partial charge in [0, 0.05) is 0 Å². The second-order valence-electron chi connectivity index (χ2n) is 1.76. The van der Waals surface area contributed by atoms with Crippen LogP contribution in [0.2, 0.25) is 0 Å². The van der Waals surface area contributed by atoms with E-state index >= 15 is 0 Å². The molecule has 1 nitrogen and oxygen atoms in total. The van der Waals surface area contributed by atoms with E-state index in [9.17, 15) is 0 Å². The van der Waals surface area contributed by atoms with Crippen molar-refractivity contribution in [3.05, 3.63) is 23.8 Å². The second kappa shape index (κ2) is 7.55. The van der Waals surface area contributed by atoms with Gasteiger partial charge in [-0.1, -0.05) is 0 Å². The zero-order chi connectivity index (χ0) is 5.82. The SMILES string of the molecule is [Cl-].[Cl-].[V+2]=[N]CC1=CC=CC1. The van der Waals surface area contributed by atoms with Crippen LogP contribution < -0.4 is 24.8 Å². The van der Waals surface area contributed by atoms with Crippen LogP contribution in [0.15, 0.2) is 27.6 Å². The molecule has 0 saturated heterocycles. The third-order valence-corrected chi connectivity index (χ3v) is 1.34. The molecule has 4 heteroatoms. The Morgan fingerprint density at radius 3 is 2.60 bits per heavy atom. The Labute approximate surface area is 82.6 Å². The van der Waals surface area contributed by atoms with Crippen molar-refractivity contribution >= 4 is 0 Å². The number of allylic oxidation sites excluding steroid dienone is 3. The van der Waals surface area contributed by atoms with Crippen molar-refractivity contribution < 1.29 is 42.0 Å². The molecule has 1 aliphatic carbocycles. The Morgan fingerprint density at radius 2 is 2.20 bits per heavy atom. The molecule has 0 aromatic heterocycles. The van der Waals surface area contributed by atoms with Gasteiger partial charge in [0.15, 0.2) is 0 Å². The van der Waals surface area contributed by atoms with E-state index in [0.717, 1.165) is 13.0 Å². The Hall–Kier alpha value is 0.444. The summed E-state index contributed by atoms with van der Waals surface area (Å²) in [5, 5.41) is 0. The summed E-state index contributed by atoms with van der Waals surface area (Å²) >= 11 is 2.24. The molecular formula is C6H7Cl2NV. The standard InChI is InChI=1S/C6H7N.2ClH.V/c7-5-6-3-1-2-4-6;;;/h1-3H,4-5H2;2*1H;/q;;;+2/p-2. The van der Waals surface area contributed by atoms with Gasteiger partial charge < -0.3 is 24.8 Å². The summed E-state index contributed by atoms with van der Waals surface area (Å²) in [5.41, 5.74) is 1.41. The first kappa shape index (κ1) is 13.1. The number of halogens is 2. The summed E-state index contributed by atoms with van der Waals surface area (Å²) in [6.45, 7) is 0.882. The van der Waals surface area contributed by atoms with Gasteiger partial charge in [-0.05, 0) is 0 Å². The molecule has 1 rings (SSSR count). The van der Waals surface area contributed by atoms with Gasteiger partial charge >= 0.3 is 57.8 Å². The van der Waals surface area contributed by atoms with Crippen molar-refractivity contribution in [3.63, 3.8) is 0 Å². The van der Waals surface area contributed by atoms with Gasteiger partial charge in [-0.25, -0.2) is 0 Å². The number of rotatable bonds is 2. The van der Waals surface area contributed by atoms with Crippen molar-refractivity contribution in [1.82, 2.24) is 0 Å². The molecule has 0 aromatic rings. The van der Waals surface area contributed by atoms with Gasteiger partial charge in [0.05, 0.1) is 0 Å². The fourth-order valence-corrected chi connectivity index (χ4v) is 0.983. The summed E-state index contributed by atoms with van der Waals surface area (Å²) in [6.07, 6.45) is 7.44. The van der Waals surface area contributed by atoms with E-state index in [1.165, 1.54) is 5.57 Å². The molecule has 0 bridgehead atoms. The van der Waals surface area contributed by atoms with Gasteiger partial charge in [-0.2, -0.15) is 0 Å². The van der Waals surface area contributed by atoms with Gasteiger partial charge in [0.2, 0.25) is 0 Å². The third-order valence-electron chi connectivity index (χ3n) is 1.12. The fraction of sp³-hybridized carbons (Fsp3) is 0.333. The van der Waals surface area contributed by atoms with Crippen molar-refractivity contribution in [3.8, 4) is 0 Å². The molecule has 0 aliphatic heterocycles. The maximum absolute atomic E-state index is 3.95. The minimum absolute atomic E-state index is 0. The predicted octanol–water partition coefficient (Wildman–Crippen LogP) is -4.39. The molecule has 0 fully saturated rings. The quantitative estimate of drug-likeness (QED) is 0.441. The average Bonchev–Trinajstić information content (AvgIpc) is 2.19. The molecule has 0 saturated carbocycles. The predicted molar refractivity (Wildman–Crippen MR) is 29.1 cm³/mol. The Morgan fingerprint density at radius 1 is 1.50 bits per heavy atom. The summed E-state index contributed by atoms with van der Waals surface area (Å²) in [4.78, 5) is 0. The third kappa shape index (κ3) is 4.29. The van der Waals surface area contributed by atoms with Crippen LogP contribution >= 0.6 is 0 Å². The summed E-state index contributed by atoms with van der Waals surface area (Å²) in [7, 11) is 0. The maximum atomic E-state index is 3.95. The number of hydrogen-bond donors (Lipinski definition) is 0. The number of nitrogens with zero attached hydrogens (tertiary/aromatic N) is 1. The molecule has 55 valence electrons. The first-order valence-corrected chi connectivity index (χ1v) is 3.21. The van der Waals surface area contributed by atoms with E-state index in [0.29, 0.717) is 0 Å². The minimum atomic E-state index is 0.